The van der Waals surface area contributed by atoms with Gasteiger partial charge in [0.2, 0.25) is 0 Å². The van der Waals surface area contributed by atoms with E-state index in [1.54, 1.807) is 0 Å². The van der Waals surface area contributed by atoms with Gasteiger partial charge < -0.3 is 5.11 Å². The smallest absolute Gasteiger partial charge is 0.391 e. The molecule has 16 heavy (non-hydrogen) atoms. The van der Waals surface area contributed by atoms with Crippen molar-refractivity contribution in [3.05, 3.63) is 35.4 Å². The van der Waals surface area contributed by atoms with Gasteiger partial charge in [-0.15, -0.1) is 0 Å². The zero-order valence-corrected chi connectivity index (χ0v) is 8.06. The average Bonchev–Trinajstić information content (AvgIpc) is 2.06. The van der Waals surface area contributed by atoms with Gasteiger partial charge in [0.1, 0.15) is 11.6 Å². The van der Waals surface area contributed by atoms with Gasteiger partial charge in [-0.1, -0.05) is 6.07 Å². The summed E-state index contributed by atoms with van der Waals surface area (Å²) < 4.78 is 61.1. The van der Waals surface area contributed by atoms with Crippen LogP contribution in [-0.4, -0.2) is 17.4 Å². The van der Waals surface area contributed by atoms with Gasteiger partial charge in [-0.05, 0) is 11.6 Å². The van der Waals surface area contributed by atoms with Gasteiger partial charge in [0.25, 0.3) is 0 Å². The fraction of sp³-hybridized carbons (Fsp3) is 0.400. The minimum Gasteiger partial charge on any atom is -0.392 e. The third-order valence-corrected chi connectivity index (χ3v) is 1.94. The molecule has 0 saturated carbocycles. The quantitative estimate of drug-likeness (QED) is 0.805. The first-order valence-electron chi connectivity index (χ1n) is 4.46. The summed E-state index contributed by atoms with van der Waals surface area (Å²) in [5.41, 5.74) is -0.141. The lowest BCUT2D eigenvalue weighted by Crippen LogP contribution is -2.21. The van der Waals surface area contributed by atoms with Crippen molar-refractivity contribution in [1.29, 1.82) is 0 Å². The van der Waals surface area contributed by atoms with E-state index in [0.717, 1.165) is 12.1 Å². The molecule has 1 atom stereocenters. The fourth-order valence-corrected chi connectivity index (χ4v) is 1.28. The highest BCUT2D eigenvalue weighted by molar-refractivity contribution is 5.19. The number of alkyl halides is 3. The lowest BCUT2D eigenvalue weighted by Gasteiger charge is -2.13. The van der Waals surface area contributed by atoms with Crippen LogP contribution in [0.25, 0.3) is 0 Å². The SMILES string of the molecule is OC(Cc1ccc(F)cc1F)CC(F)(F)F. The Hall–Kier alpha value is -1.17. The molecule has 0 radical (unpaired) electrons. The van der Waals surface area contributed by atoms with E-state index in [1.165, 1.54) is 0 Å². The lowest BCUT2D eigenvalue weighted by molar-refractivity contribution is -0.153. The number of aliphatic hydroxyl groups excluding tert-OH is 1. The van der Waals surface area contributed by atoms with E-state index in [1.807, 2.05) is 0 Å². The first kappa shape index (κ1) is 12.9. The van der Waals surface area contributed by atoms with E-state index < -0.39 is 36.8 Å². The van der Waals surface area contributed by atoms with Crippen molar-refractivity contribution in [3.63, 3.8) is 0 Å². The van der Waals surface area contributed by atoms with Crippen molar-refractivity contribution < 1.29 is 27.1 Å². The molecule has 0 fully saturated rings. The maximum absolute atomic E-state index is 13.0. The van der Waals surface area contributed by atoms with Gasteiger partial charge in [-0.25, -0.2) is 8.78 Å². The average molecular weight is 240 g/mol. The Kier molecular flexibility index (Phi) is 3.85. The molecule has 0 bridgehead atoms. The summed E-state index contributed by atoms with van der Waals surface area (Å²) >= 11 is 0. The molecule has 1 aromatic carbocycles. The number of halogens is 5. The number of hydrogen-bond acceptors (Lipinski definition) is 1. The first-order valence-corrected chi connectivity index (χ1v) is 4.46. The minimum atomic E-state index is -4.50. The summed E-state index contributed by atoms with van der Waals surface area (Å²) in [5.74, 6) is -1.77. The molecule has 0 saturated heterocycles. The topological polar surface area (TPSA) is 20.2 Å². The lowest BCUT2D eigenvalue weighted by atomic mass is 10.0. The Balaban J connectivity index is 2.66. The van der Waals surface area contributed by atoms with Gasteiger partial charge in [0.05, 0.1) is 12.5 Å². The first-order chi connectivity index (χ1) is 7.28. The van der Waals surface area contributed by atoms with E-state index in [9.17, 15) is 22.0 Å². The molecular weight excluding hydrogens is 231 g/mol. The number of hydrogen-bond donors (Lipinski definition) is 1. The largest absolute Gasteiger partial charge is 0.392 e. The van der Waals surface area contributed by atoms with Gasteiger partial charge in [-0.3, -0.25) is 0 Å². The van der Waals surface area contributed by atoms with Gasteiger partial charge >= 0.3 is 6.18 Å². The highest BCUT2D eigenvalue weighted by atomic mass is 19.4. The third kappa shape index (κ3) is 4.14. The maximum Gasteiger partial charge on any atom is 0.391 e. The molecule has 0 heterocycles. The number of aliphatic hydroxyl groups is 1. The molecule has 1 N–H and O–H groups in total. The number of rotatable bonds is 3. The Labute approximate surface area is 88.5 Å². The molecule has 1 unspecified atom stereocenters. The second-order valence-electron chi connectivity index (χ2n) is 3.41. The monoisotopic (exact) mass is 240 g/mol. The molecule has 0 aliphatic heterocycles. The highest BCUT2D eigenvalue weighted by Crippen LogP contribution is 2.23. The zero-order chi connectivity index (χ0) is 12.3. The molecule has 0 aliphatic rings. The second kappa shape index (κ2) is 4.78. The predicted molar refractivity (Wildman–Crippen MR) is 46.7 cm³/mol. The van der Waals surface area contributed by atoms with E-state index in [4.69, 9.17) is 5.11 Å². The van der Waals surface area contributed by atoms with Crippen LogP contribution in [0.2, 0.25) is 0 Å². The van der Waals surface area contributed by atoms with E-state index in [2.05, 4.69) is 0 Å². The Morgan fingerprint density at radius 1 is 1.19 bits per heavy atom. The van der Waals surface area contributed by atoms with Crippen LogP contribution >= 0.6 is 0 Å². The van der Waals surface area contributed by atoms with Crippen molar-refractivity contribution in [2.75, 3.05) is 0 Å². The van der Waals surface area contributed by atoms with Crippen LogP contribution in [0.1, 0.15) is 12.0 Å². The molecule has 1 rings (SSSR count). The predicted octanol–water partition coefficient (Wildman–Crippen LogP) is 2.82. The van der Waals surface area contributed by atoms with Crippen LogP contribution in [0.15, 0.2) is 18.2 Å². The normalized spacial score (nSPS) is 13.9. The van der Waals surface area contributed by atoms with Crippen molar-refractivity contribution >= 4 is 0 Å². The van der Waals surface area contributed by atoms with Crippen molar-refractivity contribution in [1.82, 2.24) is 0 Å². The number of benzene rings is 1. The molecule has 6 heteroatoms. The summed E-state index contributed by atoms with van der Waals surface area (Å²) in [7, 11) is 0. The summed E-state index contributed by atoms with van der Waals surface area (Å²) in [6, 6.07) is 2.51. The maximum atomic E-state index is 13.0. The molecule has 0 aromatic heterocycles. The van der Waals surface area contributed by atoms with Crippen molar-refractivity contribution in [3.8, 4) is 0 Å². The van der Waals surface area contributed by atoms with Crippen LogP contribution < -0.4 is 0 Å². The zero-order valence-electron chi connectivity index (χ0n) is 8.06. The van der Waals surface area contributed by atoms with Crippen LogP contribution in [-0.2, 0) is 6.42 Å². The van der Waals surface area contributed by atoms with E-state index >= 15 is 0 Å². The Morgan fingerprint density at radius 2 is 1.81 bits per heavy atom. The van der Waals surface area contributed by atoms with Gasteiger partial charge in [0, 0.05) is 12.5 Å². The van der Waals surface area contributed by atoms with Gasteiger partial charge in [0.15, 0.2) is 0 Å². The summed E-state index contributed by atoms with van der Waals surface area (Å²) in [4.78, 5) is 0. The van der Waals surface area contributed by atoms with Crippen molar-refractivity contribution in [2.45, 2.75) is 25.1 Å². The van der Waals surface area contributed by atoms with Crippen LogP contribution in [0.3, 0.4) is 0 Å². The van der Waals surface area contributed by atoms with Gasteiger partial charge in [-0.2, -0.15) is 13.2 Å². The van der Waals surface area contributed by atoms with Crippen LogP contribution in [0, 0.1) is 11.6 Å². The van der Waals surface area contributed by atoms with E-state index in [-0.39, 0.29) is 5.56 Å². The summed E-state index contributed by atoms with van der Waals surface area (Å²) in [6.07, 6.45) is -8.13. The van der Waals surface area contributed by atoms with Crippen LogP contribution in [0.4, 0.5) is 22.0 Å². The summed E-state index contributed by atoms with van der Waals surface area (Å²) in [5, 5.41) is 9.05. The Bertz CT molecular complexity index is 361. The molecular formula is C10H9F5O. The van der Waals surface area contributed by atoms with Crippen molar-refractivity contribution in [2.24, 2.45) is 0 Å². The molecule has 0 aliphatic carbocycles. The molecule has 90 valence electrons. The molecule has 0 amide bonds. The second-order valence-corrected chi connectivity index (χ2v) is 3.41. The van der Waals surface area contributed by atoms with Crippen LogP contribution in [0.5, 0.6) is 0 Å². The third-order valence-electron chi connectivity index (χ3n) is 1.94. The van der Waals surface area contributed by atoms with E-state index in [0.29, 0.717) is 6.07 Å². The highest BCUT2D eigenvalue weighted by Gasteiger charge is 2.31. The molecule has 1 nitrogen and oxygen atoms in total. The standard InChI is InChI=1S/C10H9F5O/c11-7-2-1-6(9(12)4-7)3-8(16)5-10(13,14)15/h1-2,4,8,16H,3,5H2. The minimum absolute atomic E-state index is 0.141. The molecule has 1 aromatic rings. The summed E-state index contributed by atoms with van der Waals surface area (Å²) in [6.45, 7) is 0. The Morgan fingerprint density at radius 3 is 2.31 bits per heavy atom. The fourth-order valence-electron chi connectivity index (χ4n) is 1.28. The molecule has 0 spiro atoms.